The average Bonchev–Trinajstić information content (AvgIpc) is 2.96. The number of rotatable bonds is 3. The molecule has 15 heavy (non-hydrogen) atoms. The van der Waals surface area contributed by atoms with E-state index in [1.54, 1.807) is 0 Å². The highest BCUT2D eigenvalue weighted by Crippen LogP contribution is 2.38. The second-order valence-corrected chi connectivity index (χ2v) is 4.77. The van der Waals surface area contributed by atoms with Crippen molar-refractivity contribution < 1.29 is 5.11 Å². The Labute approximate surface area is 90.3 Å². The van der Waals surface area contributed by atoms with E-state index in [2.05, 4.69) is 11.4 Å². The highest BCUT2D eigenvalue weighted by Gasteiger charge is 2.27. The minimum atomic E-state index is 0.493. The lowest BCUT2D eigenvalue weighted by Crippen LogP contribution is -2.22. The van der Waals surface area contributed by atoms with Gasteiger partial charge in [-0.25, -0.2) is 0 Å². The van der Waals surface area contributed by atoms with Gasteiger partial charge in [-0.3, -0.25) is 0 Å². The van der Waals surface area contributed by atoms with E-state index in [0.29, 0.717) is 11.7 Å². The molecule has 2 heteroatoms. The van der Waals surface area contributed by atoms with Crippen molar-refractivity contribution in [3.8, 4) is 5.75 Å². The molecule has 2 aliphatic rings. The van der Waals surface area contributed by atoms with Crippen LogP contribution in [0.4, 0.5) is 0 Å². The highest BCUT2D eigenvalue weighted by molar-refractivity contribution is 5.45. The number of benzene rings is 1. The van der Waals surface area contributed by atoms with Crippen molar-refractivity contribution in [3.05, 3.63) is 29.3 Å². The van der Waals surface area contributed by atoms with Crippen molar-refractivity contribution in [2.24, 2.45) is 0 Å². The van der Waals surface area contributed by atoms with Crippen molar-refractivity contribution in [2.75, 3.05) is 6.54 Å². The summed E-state index contributed by atoms with van der Waals surface area (Å²) in [6, 6.07) is 6.67. The van der Waals surface area contributed by atoms with Gasteiger partial charge < -0.3 is 10.4 Å². The lowest BCUT2D eigenvalue weighted by molar-refractivity contribution is 0.459. The fourth-order valence-electron chi connectivity index (χ4n) is 2.56. The SMILES string of the molecule is Oc1cccc2c1C(CNC1CC1)CC2. The Morgan fingerprint density at radius 3 is 2.93 bits per heavy atom. The first-order valence-corrected chi connectivity index (χ1v) is 5.89. The summed E-state index contributed by atoms with van der Waals surface area (Å²) in [7, 11) is 0. The van der Waals surface area contributed by atoms with E-state index in [9.17, 15) is 5.11 Å². The van der Waals surface area contributed by atoms with Crippen LogP contribution < -0.4 is 5.32 Å². The Morgan fingerprint density at radius 1 is 1.27 bits per heavy atom. The summed E-state index contributed by atoms with van der Waals surface area (Å²) in [6.45, 7) is 1.04. The molecule has 0 aromatic heterocycles. The van der Waals surface area contributed by atoms with Crippen molar-refractivity contribution in [2.45, 2.75) is 37.6 Å². The summed E-state index contributed by atoms with van der Waals surface area (Å²) in [5.41, 5.74) is 2.54. The number of fused-ring (bicyclic) bond motifs is 1. The van der Waals surface area contributed by atoms with Gasteiger partial charge in [0, 0.05) is 24.1 Å². The van der Waals surface area contributed by atoms with Gasteiger partial charge in [-0.2, -0.15) is 0 Å². The van der Waals surface area contributed by atoms with Crippen LogP contribution in [0.15, 0.2) is 18.2 Å². The topological polar surface area (TPSA) is 32.3 Å². The van der Waals surface area contributed by atoms with Crippen LogP contribution in [0, 0.1) is 0 Å². The quantitative estimate of drug-likeness (QED) is 0.789. The molecule has 0 radical (unpaired) electrons. The van der Waals surface area contributed by atoms with E-state index in [4.69, 9.17) is 0 Å². The van der Waals surface area contributed by atoms with E-state index in [1.165, 1.54) is 30.4 Å². The number of aromatic hydroxyl groups is 1. The van der Waals surface area contributed by atoms with E-state index < -0.39 is 0 Å². The van der Waals surface area contributed by atoms with Crippen LogP contribution in [0.5, 0.6) is 5.75 Å². The Kier molecular flexibility index (Phi) is 2.17. The van der Waals surface area contributed by atoms with Crippen LogP contribution in [0.25, 0.3) is 0 Å². The molecule has 0 saturated heterocycles. The third-order valence-corrected chi connectivity index (χ3v) is 3.57. The maximum absolute atomic E-state index is 9.85. The number of hydrogen-bond donors (Lipinski definition) is 2. The van der Waals surface area contributed by atoms with E-state index in [1.807, 2.05) is 12.1 Å². The van der Waals surface area contributed by atoms with Crippen LogP contribution >= 0.6 is 0 Å². The van der Waals surface area contributed by atoms with Crippen molar-refractivity contribution >= 4 is 0 Å². The van der Waals surface area contributed by atoms with Crippen LogP contribution in [0.1, 0.15) is 36.3 Å². The fourth-order valence-corrected chi connectivity index (χ4v) is 2.56. The minimum absolute atomic E-state index is 0.493. The molecule has 2 N–H and O–H groups in total. The third-order valence-electron chi connectivity index (χ3n) is 3.57. The zero-order valence-electron chi connectivity index (χ0n) is 8.87. The van der Waals surface area contributed by atoms with E-state index >= 15 is 0 Å². The maximum Gasteiger partial charge on any atom is 0.119 e. The van der Waals surface area contributed by atoms with Crippen LogP contribution in [0.2, 0.25) is 0 Å². The monoisotopic (exact) mass is 203 g/mol. The van der Waals surface area contributed by atoms with Crippen molar-refractivity contribution in [1.29, 1.82) is 0 Å². The average molecular weight is 203 g/mol. The predicted molar refractivity (Wildman–Crippen MR) is 60.2 cm³/mol. The Morgan fingerprint density at radius 2 is 2.13 bits per heavy atom. The molecule has 1 atom stereocenters. The first-order valence-electron chi connectivity index (χ1n) is 5.89. The van der Waals surface area contributed by atoms with Crippen LogP contribution in [0.3, 0.4) is 0 Å². The number of hydrogen-bond acceptors (Lipinski definition) is 2. The first kappa shape index (κ1) is 9.22. The Balaban J connectivity index is 1.77. The van der Waals surface area contributed by atoms with Gasteiger partial charge >= 0.3 is 0 Å². The number of phenolic OH excluding ortho intramolecular Hbond substituents is 1. The van der Waals surface area contributed by atoms with Gasteiger partial charge in [0.25, 0.3) is 0 Å². The van der Waals surface area contributed by atoms with Crippen LogP contribution in [-0.4, -0.2) is 17.7 Å². The molecule has 2 aliphatic carbocycles. The van der Waals surface area contributed by atoms with Gasteiger partial charge in [-0.1, -0.05) is 12.1 Å². The summed E-state index contributed by atoms with van der Waals surface area (Å²) in [5, 5.41) is 13.4. The minimum Gasteiger partial charge on any atom is -0.508 e. The Hall–Kier alpha value is -1.02. The maximum atomic E-state index is 9.85. The molecule has 0 spiro atoms. The molecular weight excluding hydrogens is 186 g/mol. The molecule has 2 nitrogen and oxygen atoms in total. The molecule has 1 saturated carbocycles. The van der Waals surface area contributed by atoms with Gasteiger partial charge in [0.05, 0.1) is 0 Å². The molecular formula is C13H17NO. The molecule has 0 bridgehead atoms. The molecule has 0 amide bonds. The Bertz CT molecular complexity index is 371. The number of nitrogens with one attached hydrogen (secondary N) is 1. The lowest BCUT2D eigenvalue weighted by Gasteiger charge is -2.13. The summed E-state index contributed by atoms with van der Waals surface area (Å²) < 4.78 is 0. The zero-order valence-corrected chi connectivity index (χ0v) is 8.87. The first-order chi connectivity index (χ1) is 7.34. The lowest BCUT2D eigenvalue weighted by atomic mass is 10.0. The molecule has 1 aromatic carbocycles. The molecule has 3 rings (SSSR count). The van der Waals surface area contributed by atoms with E-state index in [0.717, 1.165) is 19.0 Å². The molecule has 1 unspecified atom stereocenters. The van der Waals surface area contributed by atoms with Gasteiger partial charge in [0.2, 0.25) is 0 Å². The summed E-state index contributed by atoms with van der Waals surface area (Å²) in [4.78, 5) is 0. The number of phenols is 1. The summed E-state index contributed by atoms with van der Waals surface area (Å²) in [6.07, 6.45) is 4.98. The predicted octanol–water partition coefficient (Wildman–Crippen LogP) is 2.17. The molecule has 0 aliphatic heterocycles. The third kappa shape index (κ3) is 1.74. The van der Waals surface area contributed by atoms with Gasteiger partial charge in [0.15, 0.2) is 0 Å². The normalized spacial score (nSPS) is 24.1. The molecule has 1 fully saturated rings. The summed E-state index contributed by atoms with van der Waals surface area (Å²) in [5.74, 6) is 1.02. The fraction of sp³-hybridized carbons (Fsp3) is 0.538. The van der Waals surface area contributed by atoms with E-state index in [-0.39, 0.29) is 0 Å². The summed E-state index contributed by atoms with van der Waals surface area (Å²) >= 11 is 0. The van der Waals surface area contributed by atoms with Crippen molar-refractivity contribution in [3.63, 3.8) is 0 Å². The zero-order chi connectivity index (χ0) is 10.3. The largest absolute Gasteiger partial charge is 0.508 e. The van der Waals surface area contributed by atoms with Crippen LogP contribution in [-0.2, 0) is 6.42 Å². The number of aryl methyl sites for hydroxylation is 1. The standard InChI is InChI=1S/C13H17NO/c15-12-3-1-2-9-4-5-10(13(9)12)8-14-11-6-7-11/h1-3,10-11,14-15H,4-8H2. The highest BCUT2D eigenvalue weighted by atomic mass is 16.3. The smallest absolute Gasteiger partial charge is 0.119 e. The molecule has 80 valence electrons. The van der Waals surface area contributed by atoms with Crippen molar-refractivity contribution in [1.82, 2.24) is 5.32 Å². The molecule has 0 heterocycles. The second kappa shape index (κ2) is 3.53. The van der Waals surface area contributed by atoms with Gasteiger partial charge in [-0.05, 0) is 37.3 Å². The second-order valence-electron chi connectivity index (χ2n) is 4.77. The molecule has 1 aromatic rings. The van der Waals surface area contributed by atoms with Gasteiger partial charge in [0.1, 0.15) is 5.75 Å². The van der Waals surface area contributed by atoms with Gasteiger partial charge in [-0.15, -0.1) is 0 Å².